The van der Waals surface area contributed by atoms with E-state index in [-0.39, 0.29) is 12.2 Å². The Kier molecular flexibility index (Phi) is 5.12. The molecule has 0 aliphatic carbocycles. The molecule has 1 aliphatic heterocycles. The minimum atomic E-state index is -4.83. The fraction of sp³-hybridized carbons (Fsp3) is 0.278. The van der Waals surface area contributed by atoms with Gasteiger partial charge in [0.1, 0.15) is 23.2 Å². The summed E-state index contributed by atoms with van der Waals surface area (Å²) >= 11 is 0. The van der Waals surface area contributed by atoms with Gasteiger partial charge in [-0.2, -0.15) is 0 Å². The van der Waals surface area contributed by atoms with Crippen molar-refractivity contribution in [1.29, 1.82) is 0 Å². The third kappa shape index (κ3) is 3.85. The number of aromatic nitrogens is 1. The van der Waals surface area contributed by atoms with Gasteiger partial charge in [-0.25, -0.2) is 9.69 Å². The molecule has 0 radical (unpaired) electrons. The second-order valence-electron chi connectivity index (χ2n) is 5.95. The predicted molar refractivity (Wildman–Crippen MR) is 91.8 cm³/mol. The largest absolute Gasteiger partial charge is 0.573 e. The number of nitrogens with zero attached hydrogens (tertiary/aromatic N) is 3. The summed E-state index contributed by atoms with van der Waals surface area (Å²) in [4.78, 5) is 31.8. The van der Waals surface area contributed by atoms with Crippen LogP contribution in [0, 0.1) is 0 Å². The van der Waals surface area contributed by atoms with Gasteiger partial charge in [-0.3, -0.25) is 9.78 Å². The highest BCUT2D eigenvalue weighted by Crippen LogP contribution is 2.30. The number of imide groups is 1. The standard InChI is InChI=1S/C18H16F3N3O4/c1-11-16(25)24(12-5-7-13(8-6-12)28-18(19,20)21)17(26)23(11)10-14-15(27-2)4-3-9-22-14/h3-9,11H,10H2,1-2H3. The lowest BCUT2D eigenvalue weighted by Crippen LogP contribution is -2.33. The quantitative estimate of drug-likeness (QED) is 0.726. The fourth-order valence-corrected chi connectivity index (χ4v) is 2.84. The Hall–Kier alpha value is -3.30. The topological polar surface area (TPSA) is 72.0 Å². The van der Waals surface area contributed by atoms with E-state index in [4.69, 9.17) is 4.74 Å². The van der Waals surface area contributed by atoms with Crippen LogP contribution in [-0.4, -0.2) is 41.3 Å². The van der Waals surface area contributed by atoms with Crippen LogP contribution < -0.4 is 14.4 Å². The van der Waals surface area contributed by atoms with Crippen molar-refractivity contribution in [2.45, 2.75) is 25.9 Å². The lowest BCUT2D eigenvalue weighted by molar-refractivity contribution is -0.274. The number of carbonyl (C=O) groups excluding carboxylic acids is 2. The zero-order valence-corrected chi connectivity index (χ0v) is 14.9. The molecule has 1 unspecified atom stereocenters. The number of hydrogen-bond donors (Lipinski definition) is 0. The van der Waals surface area contributed by atoms with E-state index in [9.17, 15) is 22.8 Å². The van der Waals surface area contributed by atoms with Gasteiger partial charge in [-0.15, -0.1) is 13.2 Å². The van der Waals surface area contributed by atoms with Gasteiger partial charge >= 0.3 is 12.4 Å². The molecule has 148 valence electrons. The zero-order chi connectivity index (χ0) is 20.5. The highest BCUT2D eigenvalue weighted by Gasteiger charge is 2.43. The molecule has 0 saturated carbocycles. The second-order valence-corrected chi connectivity index (χ2v) is 5.95. The first-order valence-electron chi connectivity index (χ1n) is 8.19. The normalized spacial score (nSPS) is 17.2. The molecule has 1 aromatic carbocycles. The lowest BCUT2D eigenvalue weighted by Gasteiger charge is -2.20. The molecule has 0 bridgehead atoms. The molecule has 0 spiro atoms. The first-order chi connectivity index (χ1) is 13.2. The molecule has 3 amide bonds. The Morgan fingerprint density at radius 2 is 1.82 bits per heavy atom. The monoisotopic (exact) mass is 395 g/mol. The van der Waals surface area contributed by atoms with Crippen LogP contribution in [0.25, 0.3) is 0 Å². The van der Waals surface area contributed by atoms with Crippen LogP contribution in [-0.2, 0) is 11.3 Å². The Morgan fingerprint density at radius 3 is 2.43 bits per heavy atom. The third-order valence-electron chi connectivity index (χ3n) is 4.20. The number of hydrogen-bond acceptors (Lipinski definition) is 5. The number of urea groups is 1. The maximum absolute atomic E-state index is 12.8. The SMILES string of the molecule is COc1cccnc1CN1C(=O)N(c2ccc(OC(F)(F)F)cc2)C(=O)C1C. The smallest absolute Gasteiger partial charge is 0.495 e. The van der Waals surface area contributed by atoms with E-state index in [1.165, 1.54) is 24.1 Å². The minimum Gasteiger partial charge on any atom is -0.495 e. The molecular weight excluding hydrogens is 379 g/mol. The maximum Gasteiger partial charge on any atom is 0.573 e. The van der Waals surface area contributed by atoms with E-state index in [0.717, 1.165) is 17.0 Å². The number of halogens is 3. The molecule has 10 heteroatoms. The minimum absolute atomic E-state index is 0.0432. The summed E-state index contributed by atoms with van der Waals surface area (Å²) in [6, 6.07) is 6.51. The van der Waals surface area contributed by atoms with Gasteiger partial charge < -0.3 is 14.4 Å². The van der Waals surface area contributed by atoms with Crippen molar-refractivity contribution in [1.82, 2.24) is 9.88 Å². The number of carbonyl (C=O) groups is 2. The highest BCUT2D eigenvalue weighted by molar-refractivity contribution is 6.21. The van der Waals surface area contributed by atoms with Gasteiger partial charge in [0, 0.05) is 6.20 Å². The van der Waals surface area contributed by atoms with E-state index in [1.54, 1.807) is 25.3 Å². The number of anilines is 1. The van der Waals surface area contributed by atoms with Gasteiger partial charge in [0.25, 0.3) is 5.91 Å². The van der Waals surface area contributed by atoms with Crippen molar-refractivity contribution in [3.63, 3.8) is 0 Å². The van der Waals surface area contributed by atoms with Crippen molar-refractivity contribution in [3.8, 4) is 11.5 Å². The summed E-state index contributed by atoms with van der Waals surface area (Å²) in [6.45, 7) is 1.61. The molecule has 2 aromatic rings. The van der Waals surface area contributed by atoms with E-state index in [2.05, 4.69) is 9.72 Å². The molecule has 1 atom stereocenters. The van der Waals surface area contributed by atoms with Crippen LogP contribution in [0.5, 0.6) is 11.5 Å². The molecule has 2 heterocycles. The number of ether oxygens (including phenoxy) is 2. The van der Waals surface area contributed by atoms with Gasteiger partial charge in [-0.1, -0.05) is 0 Å². The van der Waals surface area contributed by atoms with Crippen molar-refractivity contribution < 1.29 is 32.2 Å². The van der Waals surface area contributed by atoms with Crippen molar-refractivity contribution in [2.24, 2.45) is 0 Å². The van der Waals surface area contributed by atoms with Crippen LogP contribution in [0.15, 0.2) is 42.6 Å². The highest BCUT2D eigenvalue weighted by atomic mass is 19.4. The number of rotatable bonds is 5. The number of benzene rings is 1. The summed E-state index contributed by atoms with van der Waals surface area (Å²) in [6.07, 6.45) is -3.28. The Labute approximate surface area is 158 Å². The van der Waals surface area contributed by atoms with E-state index < -0.39 is 30.1 Å². The Bertz CT molecular complexity index is 886. The average Bonchev–Trinajstić information content (AvgIpc) is 2.85. The third-order valence-corrected chi connectivity index (χ3v) is 4.20. The molecule has 1 fully saturated rings. The molecule has 1 saturated heterocycles. The van der Waals surface area contributed by atoms with Gasteiger partial charge in [0.05, 0.1) is 19.3 Å². The van der Waals surface area contributed by atoms with Crippen LogP contribution in [0.2, 0.25) is 0 Å². The van der Waals surface area contributed by atoms with Crippen LogP contribution in [0.3, 0.4) is 0 Å². The van der Waals surface area contributed by atoms with E-state index >= 15 is 0 Å². The van der Waals surface area contributed by atoms with Gasteiger partial charge in [0.15, 0.2) is 0 Å². The molecule has 3 rings (SSSR count). The molecule has 1 aromatic heterocycles. The number of methoxy groups -OCH3 is 1. The van der Waals surface area contributed by atoms with Crippen molar-refractivity contribution >= 4 is 17.6 Å². The zero-order valence-electron chi connectivity index (χ0n) is 14.9. The molecule has 0 N–H and O–H groups in total. The lowest BCUT2D eigenvalue weighted by atomic mass is 10.2. The van der Waals surface area contributed by atoms with Crippen LogP contribution >= 0.6 is 0 Å². The summed E-state index contributed by atoms with van der Waals surface area (Å²) < 4.78 is 45.8. The number of amides is 3. The fourth-order valence-electron chi connectivity index (χ4n) is 2.84. The van der Waals surface area contributed by atoms with Crippen LogP contribution in [0.4, 0.5) is 23.7 Å². The summed E-state index contributed by atoms with van der Waals surface area (Å²) in [7, 11) is 1.47. The molecular formula is C18H16F3N3O4. The predicted octanol–water partition coefficient (Wildman–Crippen LogP) is 3.35. The first kappa shape index (κ1) is 19.5. The summed E-state index contributed by atoms with van der Waals surface area (Å²) in [5.41, 5.74) is 0.626. The van der Waals surface area contributed by atoms with Gasteiger partial charge in [0.2, 0.25) is 0 Å². The Balaban J connectivity index is 1.82. The number of alkyl halides is 3. The molecule has 7 nitrogen and oxygen atoms in total. The molecule has 1 aliphatic rings. The van der Waals surface area contributed by atoms with Crippen molar-refractivity contribution in [2.75, 3.05) is 12.0 Å². The number of pyridine rings is 1. The average molecular weight is 395 g/mol. The summed E-state index contributed by atoms with van der Waals surface area (Å²) in [5.74, 6) is -0.468. The Morgan fingerprint density at radius 1 is 1.14 bits per heavy atom. The first-order valence-corrected chi connectivity index (χ1v) is 8.19. The summed E-state index contributed by atoms with van der Waals surface area (Å²) in [5, 5.41) is 0. The van der Waals surface area contributed by atoms with Gasteiger partial charge in [-0.05, 0) is 43.3 Å². The van der Waals surface area contributed by atoms with Crippen LogP contribution in [0.1, 0.15) is 12.6 Å². The second kappa shape index (κ2) is 7.37. The van der Waals surface area contributed by atoms with Crippen molar-refractivity contribution in [3.05, 3.63) is 48.3 Å². The van der Waals surface area contributed by atoms with E-state index in [1.807, 2.05) is 0 Å². The maximum atomic E-state index is 12.8. The van der Waals surface area contributed by atoms with E-state index in [0.29, 0.717) is 11.4 Å². The molecule has 28 heavy (non-hydrogen) atoms.